The summed E-state index contributed by atoms with van der Waals surface area (Å²) in [5.74, 6) is 0.729. The fourth-order valence-corrected chi connectivity index (χ4v) is 4.15. The molecule has 0 bridgehead atoms. The van der Waals surface area contributed by atoms with Crippen LogP contribution < -0.4 is 9.47 Å². The third-order valence-corrected chi connectivity index (χ3v) is 5.59. The summed E-state index contributed by atoms with van der Waals surface area (Å²) < 4.78 is 13.3. The van der Waals surface area contributed by atoms with E-state index in [1.54, 1.807) is 18.2 Å². The molecule has 31 heavy (non-hydrogen) atoms. The van der Waals surface area contributed by atoms with Crippen LogP contribution in [0.25, 0.3) is 11.0 Å². The van der Waals surface area contributed by atoms with E-state index >= 15 is 0 Å². The summed E-state index contributed by atoms with van der Waals surface area (Å²) in [6, 6.07) is 11.4. The molecule has 1 aliphatic rings. The molecule has 0 radical (unpaired) electrons. The summed E-state index contributed by atoms with van der Waals surface area (Å²) in [6.45, 7) is 7.95. The standard InChI is InChI=1S/C23H28N4O4/c1-3-30-19-11-16(12-20(14-19)31-4-2)15-26-9-7-18(8-10-26)27-22-6-5-17(23(28)29)13-21(22)24-25-27/h5-6,11-14,18H,3-4,7-10,15H2,1-2H3,(H,28,29). The van der Waals surface area contributed by atoms with Crippen LogP contribution in [0.1, 0.15) is 48.7 Å². The minimum Gasteiger partial charge on any atom is -0.494 e. The fourth-order valence-electron chi connectivity index (χ4n) is 4.15. The van der Waals surface area contributed by atoms with Crippen molar-refractivity contribution < 1.29 is 19.4 Å². The van der Waals surface area contributed by atoms with E-state index in [9.17, 15) is 4.79 Å². The van der Waals surface area contributed by atoms with Crippen LogP contribution >= 0.6 is 0 Å². The lowest BCUT2D eigenvalue weighted by molar-refractivity contribution is 0.0697. The molecule has 1 N–H and O–H groups in total. The lowest BCUT2D eigenvalue weighted by Gasteiger charge is -2.32. The molecular formula is C23H28N4O4. The summed E-state index contributed by atoms with van der Waals surface area (Å²) in [7, 11) is 0. The minimum absolute atomic E-state index is 0.232. The summed E-state index contributed by atoms with van der Waals surface area (Å²) in [4.78, 5) is 13.6. The lowest BCUT2D eigenvalue weighted by Crippen LogP contribution is -2.34. The van der Waals surface area contributed by atoms with E-state index in [4.69, 9.17) is 14.6 Å². The Hall–Kier alpha value is -3.13. The molecule has 0 spiro atoms. The number of rotatable bonds is 8. The van der Waals surface area contributed by atoms with Gasteiger partial charge in [0.25, 0.3) is 0 Å². The Bertz CT molecular complexity index is 1030. The maximum Gasteiger partial charge on any atom is 0.335 e. The van der Waals surface area contributed by atoms with E-state index in [0.29, 0.717) is 18.7 Å². The van der Waals surface area contributed by atoms with Crippen LogP contribution in [0.4, 0.5) is 0 Å². The van der Waals surface area contributed by atoms with Gasteiger partial charge in [0.2, 0.25) is 0 Å². The van der Waals surface area contributed by atoms with Crippen molar-refractivity contribution in [3.63, 3.8) is 0 Å². The highest BCUT2D eigenvalue weighted by molar-refractivity contribution is 5.92. The molecule has 164 valence electrons. The van der Waals surface area contributed by atoms with Crippen LogP contribution in [-0.4, -0.2) is 57.3 Å². The van der Waals surface area contributed by atoms with E-state index in [0.717, 1.165) is 49.5 Å². The van der Waals surface area contributed by atoms with Gasteiger partial charge in [0.1, 0.15) is 17.0 Å². The molecule has 4 rings (SSSR count). The predicted molar refractivity (Wildman–Crippen MR) is 117 cm³/mol. The zero-order chi connectivity index (χ0) is 21.8. The monoisotopic (exact) mass is 424 g/mol. The molecule has 1 aliphatic heterocycles. The Labute approximate surface area is 181 Å². The van der Waals surface area contributed by atoms with E-state index < -0.39 is 5.97 Å². The van der Waals surface area contributed by atoms with Crippen molar-refractivity contribution in [3.05, 3.63) is 47.5 Å². The number of fused-ring (bicyclic) bond motifs is 1. The van der Waals surface area contributed by atoms with Crippen molar-refractivity contribution in [2.75, 3.05) is 26.3 Å². The Morgan fingerprint density at radius 1 is 1.06 bits per heavy atom. The summed E-state index contributed by atoms with van der Waals surface area (Å²) in [5.41, 5.74) is 2.92. The van der Waals surface area contributed by atoms with Crippen molar-refractivity contribution >= 4 is 17.0 Å². The number of hydrogen-bond acceptors (Lipinski definition) is 6. The molecule has 3 aromatic rings. The molecule has 1 aromatic heterocycles. The quantitative estimate of drug-likeness (QED) is 0.589. The number of hydrogen-bond donors (Lipinski definition) is 1. The molecule has 0 atom stereocenters. The number of aromatic nitrogens is 3. The first-order valence-corrected chi connectivity index (χ1v) is 10.8. The summed E-state index contributed by atoms with van der Waals surface area (Å²) in [5, 5.41) is 17.7. The molecule has 0 unspecified atom stereocenters. The van der Waals surface area contributed by atoms with E-state index in [1.165, 1.54) is 5.56 Å². The molecule has 8 heteroatoms. The van der Waals surface area contributed by atoms with Crippen LogP contribution in [-0.2, 0) is 6.54 Å². The predicted octanol–water partition coefficient (Wildman–Crippen LogP) is 3.76. The Morgan fingerprint density at radius 2 is 1.74 bits per heavy atom. The number of nitrogens with zero attached hydrogens (tertiary/aromatic N) is 4. The third-order valence-electron chi connectivity index (χ3n) is 5.59. The summed E-state index contributed by atoms with van der Waals surface area (Å²) in [6.07, 6.45) is 1.92. The van der Waals surface area contributed by atoms with Crippen molar-refractivity contribution in [2.45, 2.75) is 39.3 Å². The van der Waals surface area contributed by atoms with Gasteiger partial charge in [0, 0.05) is 25.7 Å². The van der Waals surface area contributed by atoms with Gasteiger partial charge in [-0.3, -0.25) is 4.90 Å². The highest BCUT2D eigenvalue weighted by atomic mass is 16.5. The normalized spacial score (nSPS) is 15.3. The molecule has 2 aromatic carbocycles. The topological polar surface area (TPSA) is 89.7 Å². The van der Waals surface area contributed by atoms with Gasteiger partial charge in [0.05, 0.1) is 30.3 Å². The Kier molecular flexibility index (Phi) is 6.36. The minimum atomic E-state index is -0.953. The third kappa shape index (κ3) is 4.80. The average Bonchev–Trinajstić information content (AvgIpc) is 3.18. The lowest BCUT2D eigenvalue weighted by atomic mass is 10.0. The zero-order valence-corrected chi connectivity index (χ0v) is 18.0. The molecule has 0 amide bonds. The van der Waals surface area contributed by atoms with E-state index in [2.05, 4.69) is 27.3 Å². The van der Waals surface area contributed by atoms with E-state index in [-0.39, 0.29) is 11.6 Å². The highest BCUT2D eigenvalue weighted by Gasteiger charge is 2.23. The largest absolute Gasteiger partial charge is 0.494 e. The maximum absolute atomic E-state index is 11.2. The van der Waals surface area contributed by atoms with Crippen LogP contribution in [0.3, 0.4) is 0 Å². The van der Waals surface area contributed by atoms with Crippen molar-refractivity contribution in [2.24, 2.45) is 0 Å². The first-order valence-electron chi connectivity index (χ1n) is 10.8. The SMILES string of the molecule is CCOc1cc(CN2CCC(n3nnc4cc(C(=O)O)ccc43)CC2)cc(OCC)c1. The maximum atomic E-state index is 11.2. The first-order chi connectivity index (χ1) is 15.1. The van der Waals surface area contributed by atoms with Gasteiger partial charge in [-0.1, -0.05) is 5.21 Å². The van der Waals surface area contributed by atoms with Gasteiger partial charge < -0.3 is 14.6 Å². The molecule has 0 saturated carbocycles. The van der Waals surface area contributed by atoms with E-state index in [1.807, 2.05) is 24.6 Å². The van der Waals surface area contributed by atoms with Gasteiger partial charge in [-0.15, -0.1) is 5.10 Å². The van der Waals surface area contributed by atoms with Gasteiger partial charge in [0.15, 0.2) is 0 Å². The second kappa shape index (κ2) is 9.34. The van der Waals surface area contributed by atoms with Crippen molar-refractivity contribution in [3.8, 4) is 11.5 Å². The molecule has 1 fully saturated rings. The number of piperidine rings is 1. The number of carboxylic acid groups (broad SMARTS) is 1. The van der Waals surface area contributed by atoms with Gasteiger partial charge in [-0.05, 0) is 62.6 Å². The number of carbonyl (C=O) groups is 1. The van der Waals surface area contributed by atoms with Gasteiger partial charge >= 0.3 is 5.97 Å². The molecule has 2 heterocycles. The van der Waals surface area contributed by atoms with Crippen LogP contribution in [0.15, 0.2) is 36.4 Å². The second-order valence-electron chi connectivity index (χ2n) is 7.73. The molecule has 0 aliphatic carbocycles. The smallest absolute Gasteiger partial charge is 0.335 e. The average molecular weight is 425 g/mol. The number of likely N-dealkylation sites (tertiary alicyclic amines) is 1. The fraction of sp³-hybridized carbons (Fsp3) is 0.435. The second-order valence-corrected chi connectivity index (χ2v) is 7.73. The van der Waals surface area contributed by atoms with Crippen LogP contribution in [0.5, 0.6) is 11.5 Å². The number of benzene rings is 2. The van der Waals surface area contributed by atoms with Gasteiger partial charge in [-0.2, -0.15) is 0 Å². The van der Waals surface area contributed by atoms with Crippen LogP contribution in [0, 0.1) is 0 Å². The molecule has 1 saturated heterocycles. The Balaban J connectivity index is 1.42. The molecule has 8 nitrogen and oxygen atoms in total. The first kappa shape index (κ1) is 21.1. The molecular weight excluding hydrogens is 396 g/mol. The van der Waals surface area contributed by atoms with Crippen molar-refractivity contribution in [1.82, 2.24) is 19.9 Å². The van der Waals surface area contributed by atoms with Gasteiger partial charge in [-0.25, -0.2) is 9.48 Å². The zero-order valence-electron chi connectivity index (χ0n) is 18.0. The summed E-state index contributed by atoms with van der Waals surface area (Å²) >= 11 is 0. The van der Waals surface area contributed by atoms with Crippen molar-refractivity contribution in [1.29, 1.82) is 0 Å². The number of aromatic carboxylic acids is 1. The highest BCUT2D eigenvalue weighted by Crippen LogP contribution is 2.28. The number of carboxylic acids is 1. The Morgan fingerprint density at radius 3 is 2.35 bits per heavy atom. The van der Waals surface area contributed by atoms with Crippen LogP contribution in [0.2, 0.25) is 0 Å². The number of ether oxygens (including phenoxy) is 2.